The van der Waals surface area contributed by atoms with Crippen LogP contribution in [-0.2, 0) is 6.42 Å². The zero-order valence-corrected chi connectivity index (χ0v) is 12.9. The number of hydrogen-bond acceptors (Lipinski definition) is 3. The molecule has 0 aromatic heterocycles. The van der Waals surface area contributed by atoms with Crippen molar-refractivity contribution < 1.29 is 15.0 Å². The van der Waals surface area contributed by atoms with Crippen molar-refractivity contribution in [2.75, 3.05) is 5.33 Å². The fraction of sp³-hybridized carbons (Fsp3) is 0.188. The summed E-state index contributed by atoms with van der Waals surface area (Å²) < 4.78 is 0. The van der Waals surface area contributed by atoms with Crippen LogP contribution in [0.3, 0.4) is 0 Å². The van der Waals surface area contributed by atoms with E-state index in [1.54, 1.807) is 0 Å². The molecule has 0 saturated carbocycles. The Kier molecular flexibility index (Phi) is 5.22. The molecule has 0 radical (unpaired) electrons. The molecule has 1 amide bonds. The Morgan fingerprint density at radius 3 is 2.48 bits per heavy atom. The number of rotatable bonds is 5. The number of alkyl halides is 1. The van der Waals surface area contributed by atoms with Crippen LogP contribution in [0.1, 0.15) is 15.9 Å². The zero-order valence-electron chi connectivity index (χ0n) is 11.3. The first-order chi connectivity index (χ1) is 10.1. The van der Waals surface area contributed by atoms with E-state index in [2.05, 4.69) is 21.2 Å². The minimum Gasteiger partial charge on any atom is -0.508 e. The fourth-order valence-electron chi connectivity index (χ4n) is 2.02. The van der Waals surface area contributed by atoms with Gasteiger partial charge >= 0.3 is 0 Å². The van der Waals surface area contributed by atoms with Gasteiger partial charge in [0.25, 0.3) is 5.91 Å². The second-order valence-electron chi connectivity index (χ2n) is 4.72. The summed E-state index contributed by atoms with van der Waals surface area (Å²) in [6, 6.07) is 13.7. The first kappa shape index (κ1) is 15.4. The molecular formula is C16H16BrNO3. The normalized spacial score (nSPS) is 11.9. The Balaban J connectivity index is 2.06. The maximum absolute atomic E-state index is 12.2. The lowest BCUT2D eigenvalue weighted by Crippen LogP contribution is -2.37. The predicted molar refractivity (Wildman–Crippen MR) is 85.0 cm³/mol. The van der Waals surface area contributed by atoms with E-state index < -0.39 is 0 Å². The highest BCUT2D eigenvalue weighted by molar-refractivity contribution is 9.09. The minimum absolute atomic E-state index is 0.0784. The zero-order chi connectivity index (χ0) is 15.2. The molecule has 2 aromatic rings. The van der Waals surface area contributed by atoms with Gasteiger partial charge in [-0.05, 0) is 24.1 Å². The van der Waals surface area contributed by atoms with Crippen LogP contribution in [0.2, 0.25) is 0 Å². The lowest BCUT2D eigenvalue weighted by atomic mass is 10.1. The molecule has 1 atom stereocenters. The number of amides is 1. The van der Waals surface area contributed by atoms with Crippen molar-refractivity contribution in [3.63, 3.8) is 0 Å². The minimum atomic E-state index is -0.368. The maximum Gasteiger partial charge on any atom is 0.255 e. The first-order valence-corrected chi connectivity index (χ1v) is 7.65. The summed E-state index contributed by atoms with van der Waals surface area (Å²) in [6.07, 6.45) is 0.691. The van der Waals surface area contributed by atoms with Crippen LogP contribution in [-0.4, -0.2) is 27.5 Å². The Morgan fingerprint density at radius 1 is 1.14 bits per heavy atom. The van der Waals surface area contributed by atoms with Crippen LogP contribution in [0.5, 0.6) is 11.5 Å². The first-order valence-electron chi connectivity index (χ1n) is 6.53. The van der Waals surface area contributed by atoms with E-state index in [0.717, 1.165) is 11.6 Å². The third-order valence-electron chi connectivity index (χ3n) is 3.07. The van der Waals surface area contributed by atoms with Gasteiger partial charge in [0, 0.05) is 17.4 Å². The molecule has 0 bridgehead atoms. The van der Waals surface area contributed by atoms with Gasteiger partial charge in [-0.3, -0.25) is 4.79 Å². The second kappa shape index (κ2) is 7.13. The molecule has 5 heteroatoms. The molecule has 1 unspecified atom stereocenters. The van der Waals surface area contributed by atoms with E-state index in [0.29, 0.717) is 11.8 Å². The SMILES string of the molecule is O=C(NC(CBr)Cc1ccccc1)c1ccc(O)cc1O. The van der Waals surface area contributed by atoms with Gasteiger partial charge in [0.15, 0.2) is 0 Å². The number of phenolic OH excluding ortho intramolecular Hbond substituents is 2. The number of aromatic hydroxyl groups is 2. The molecule has 0 aliphatic rings. The number of carbonyl (C=O) groups excluding carboxylic acids is 1. The summed E-state index contributed by atoms with van der Waals surface area (Å²) in [5.41, 5.74) is 1.27. The van der Waals surface area contributed by atoms with Crippen LogP contribution in [0.4, 0.5) is 0 Å². The largest absolute Gasteiger partial charge is 0.508 e. The Labute approximate surface area is 131 Å². The van der Waals surface area contributed by atoms with E-state index in [1.807, 2.05) is 30.3 Å². The van der Waals surface area contributed by atoms with Gasteiger partial charge in [-0.25, -0.2) is 0 Å². The molecule has 3 N–H and O–H groups in total. The predicted octanol–water partition coefficient (Wildman–Crippen LogP) is 2.83. The number of benzene rings is 2. The van der Waals surface area contributed by atoms with Gasteiger partial charge in [0.2, 0.25) is 0 Å². The molecular weight excluding hydrogens is 334 g/mol. The van der Waals surface area contributed by atoms with E-state index in [1.165, 1.54) is 12.1 Å². The van der Waals surface area contributed by atoms with Gasteiger partial charge in [0.05, 0.1) is 5.56 Å². The Morgan fingerprint density at radius 2 is 1.86 bits per heavy atom. The van der Waals surface area contributed by atoms with E-state index in [9.17, 15) is 15.0 Å². The number of nitrogens with one attached hydrogen (secondary N) is 1. The van der Waals surface area contributed by atoms with Crippen molar-refractivity contribution in [2.45, 2.75) is 12.5 Å². The van der Waals surface area contributed by atoms with Gasteiger partial charge in [-0.1, -0.05) is 46.3 Å². The molecule has 0 aliphatic carbocycles. The quantitative estimate of drug-likeness (QED) is 0.727. The van der Waals surface area contributed by atoms with Gasteiger partial charge in [-0.2, -0.15) is 0 Å². The van der Waals surface area contributed by atoms with Crippen LogP contribution in [0, 0.1) is 0 Å². The molecule has 2 aromatic carbocycles. The summed E-state index contributed by atoms with van der Waals surface area (Å²) >= 11 is 3.39. The van der Waals surface area contributed by atoms with E-state index in [-0.39, 0.29) is 29.0 Å². The monoisotopic (exact) mass is 349 g/mol. The molecule has 0 fully saturated rings. The number of carbonyl (C=O) groups is 1. The smallest absolute Gasteiger partial charge is 0.255 e. The molecule has 2 rings (SSSR count). The standard InChI is InChI=1S/C16H16BrNO3/c17-10-12(8-11-4-2-1-3-5-11)18-16(21)14-7-6-13(19)9-15(14)20/h1-7,9,12,19-20H,8,10H2,(H,18,21). The number of hydrogen-bond donors (Lipinski definition) is 3. The average Bonchev–Trinajstić information content (AvgIpc) is 2.47. The Hall–Kier alpha value is -2.01. The van der Waals surface area contributed by atoms with Gasteiger partial charge in [0.1, 0.15) is 11.5 Å². The van der Waals surface area contributed by atoms with Crippen molar-refractivity contribution in [1.29, 1.82) is 0 Å². The van der Waals surface area contributed by atoms with Crippen LogP contribution in [0.25, 0.3) is 0 Å². The average molecular weight is 350 g/mol. The van der Waals surface area contributed by atoms with Crippen LogP contribution in [0.15, 0.2) is 48.5 Å². The Bertz CT molecular complexity index is 616. The summed E-state index contributed by atoms with van der Waals surface area (Å²) in [4.78, 5) is 12.2. The molecule has 110 valence electrons. The van der Waals surface area contributed by atoms with Crippen molar-refractivity contribution in [3.8, 4) is 11.5 Å². The highest BCUT2D eigenvalue weighted by Gasteiger charge is 2.16. The topological polar surface area (TPSA) is 69.6 Å². The van der Waals surface area contributed by atoms with Crippen molar-refractivity contribution in [1.82, 2.24) is 5.32 Å². The molecule has 0 spiro atoms. The van der Waals surface area contributed by atoms with Crippen LogP contribution >= 0.6 is 15.9 Å². The van der Waals surface area contributed by atoms with E-state index in [4.69, 9.17) is 0 Å². The lowest BCUT2D eigenvalue weighted by molar-refractivity contribution is 0.0938. The third-order valence-corrected chi connectivity index (χ3v) is 3.85. The van der Waals surface area contributed by atoms with Gasteiger partial charge in [-0.15, -0.1) is 0 Å². The molecule has 4 nitrogen and oxygen atoms in total. The molecule has 0 saturated heterocycles. The van der Waals surface area contributed by atoms with Crippen LogP contribution < -0.4 is 5.32 Å². The third kappa shape index (κ3) is 4.23. The van der Waals surface area contributed by atoms with Crippen molar-refractivity contribution in [2.24, 2.45) is 0 Å². The second-order valence-corrected chi connectivity index (χ2v) is 5.36. The fourth-order valence-corrected chi connectivity index (χ4v) is 2.41. The summed E-state index contributed by atoms with van der Waals surface area (Å²) in [6.45, 7) is 0. The highest BCUT2D eigenvalue weighted by atomic mass is 79.9. The highest BCUT2D eigenvalue weighted by Crippen LogP contribution is 2.22. The van der Waals surface area contributed by atoms with E-state index >= 15 is 0 Å². The summed E-state index contributed by atoms with van der Waals surface area (Å²) in [7, 11) is 0. The summed E-state index contributed by atoms with van der Waals surface area (Å²) in [5, 5.41) is 22.4. The molecule has 0 heterocycles. The maximum atomic E-state index is 12.2. The van der Waals surface area contributed by atoms with Crippen molar-refractivity contribution in [3.05, 3.63) is 59.7 Å². The molecule has 0 aliphatic heterocycles. The van der Waals surface area contributed by atoms with Crippen molar-refractivity contribution >= 4 is 21.8 Å². The summed E-state index contributed by atoms with van der Waals surface area (Å²) in [5.74, 6) is -0.682. The number of phenols is 2. The van der Waals surface area contributed by atoms with Gasteiger partial charge < -0.3 is 15.5 Å². The molecule has 21 heavy (non-hydrogen) atoms. The number of halogens is 1. The lowest BCUT2D eigenvalue weighted by Gasteiger charge is -2.17.